The molecule has 0 aromatic heterocycles. The molecule has 2 aliphatic rings. The second-order valence-electron chi connectivity index (χ2n) is 6.81. The summed E-state index contributed by atoms with van der Waals surface area (Å²) in [4.78, 5) is 0. The number of aliphatic hydroxyl groups is 1. The minimum atomic E-state index is 0.382. The monoisotopic (exact) mass is 286 g/mol. The summed E-state index contributed by atoms with van der Waals surface area (Å²) in [5.41, 5.74) is 1.29. The maximum absolute atomic E-state index is 9.72. The molecule has 3 atom stereocenters. The molecular formula is C19H28NO+. The van der Waals surface area contributed by atoms with Crippen LogP contribution in [0.25, 0.3) is 6.08 Å². The summed E-state index contributed by atoms with van der Waals surface area (Å²) in [6.45, 7) is 4.13. The molecule has 3 unspecified atom stereocenters. The van der Waals surface area contributed by atoms with Crippen LogP contribution in [0.4, 0.5) is 0 Å². The smallest absolute Gasteiger partial charge is 0.0979 e. The highest BCUT2D eigenvalue weighted by Gasteiger charge is 2.45. The van der Waals surface area contributed by atoms with E-state index in [9.17, 15) is 5.11 Å². The minimum Gasteiger partial charge on any atom is -0.396 e. The Morgan fingerprint density at radius 2 is 1.86 bits per heavy atom. The molecule has 2 nitrogen and oxygen atoms in total. The lowest BCUT2D eigenvalue weighted by Gasteiger charge is -2.53. The second-order valence-corrected chi connectivity index (χ2v) is 6.81. The molecular weight excluding hydrogens is 258 g/mol. The van der Waals surface area contributed by atoms with Gasteiger partial charge < -0.3 is 9.59 Å². The lowest BCUT2D eigenvalue weighted by atomic mass is 9.81. The zero-order valence-corrected chi connectivity index (χ0v) is 13.0. The highest BCUT2D eigenvalue weighted by atomic mass is 16.3. The quantitative estimate of drug-likeness (QED) is 0.840. The molecule has 2 heterocycles. The molecule has 2 heteroatoms. The van der Waals surface area contributed by atoms with Crippen LogP contribution in [-0.4, -0.2) is 41.9 Å². The van der Waals surface area contributed by atoms with E-state index in [2.05, 4.69) is 42.5 Å². The molecule has 2 fully saturated rings. The van der Waals surface area contributed by atoms with Crippen molar-refractivity contribution in [2.24, 2.45) is 5.92 Å². The SMILES string of the molecule is OCC1CCC[N+]2(C/C=C/c3ccccc3)CCCCC12. The lowest BCUT2D eigenvalue weighted by Crippen LogP contribution is -2.63. The molecule has 0 bridgehead atoms. The van der Waals surface area contributed by atoms with Gasteiger partial charge in [0.25, 0.3) is 0 Å². The summed E-state index contributed by atoms with van der Waals surface area (Å²) in [5.74, 6) is 0.532. The van der Waals surface area contributed by atoms with Crippen molar-refractivity contribution in [3.63, 3.8) is 0 Å². The third-order valence-electron chi connectivity index (χ3n) is 5.59. The fourth-order valence-electron chi connectivity index (χ4n) is 4.53. The highest BCUT2D eigenvalue weighted by Crippen LogP contribution is 2.37. The summed E-state index contributed by atoms with van der Waals surface area (Å²) in [7, 11) is 0. The number of fused-ring (bicyclic) bond motifs is 1. The summed E-state index contributed by atoms with van der Waals surface area (Å²) >= 11 is 0. The third-order valence-corrected chi connectivity index (χ3v) is 5.59. The van der Waals surface area contributed by atoms with Crippen LogP contribution in [0.1, 0.15) is 37.7 Å². The molecule has 2 aliphatic heterocycles. The van der Waals surface area contributed by atoms with Gasteiger partial charge in [0.1, 0.15) is 0 Å². The van der Waals surface area contributed by atoms with Gasteiger partial charge in [0.2, 0.25) is 0 Å². The Kier molecular flexibility index (Phi) is 4.77. The molecule has 21 heavy (non-hydrogen) atoms. The van der Waals surface area contributed by atoms with Gasteiger partial charge in [-0.1, -0.05) is 36.4 Å². The van der Waals surface area contributed by atoms with E-state index in [1.165, 1.54) is 55.2 Å². The van der Waals surface area contributed by atoms with E-state index in [1.54, 1.807) is 0 Å². The van der Waals surface area contributed by atoms with Gasteiger partial charge in [0.05, 0.1) is 32.3 Å². The number of hydrogen-bond donors (Lipinski definition) is 1. The van der Waals surface area contributed by atoms with Gasteiger partial charge in [-0.25, -0.2) is 0 Å². The Labute approximate surface area is 128 Å². The normalized spacial score (nSPS) is 33.0. The molecule has 3 rings (SSSR count). The summed E-state index contributed by atoms with van der Waals surface area (Å²) in [6.07, 6.45) is 11.2. The summed E-state index contributed by atoms with van der Waals surface area (Å²) < 4.78 is 1.23. The number of benzene rings is 1. The van der Waals surface area contributed by atoms with E-state index in [4.69, 9.17) is 0 Å². The van der Waals surface area contributed by atoms with Crippen LogP contribution < -0.4 is 0 Å². The fraction of sp³-hybridized carbons (Fsp3) is 0.579. The standard InChI is InChI=1S/C19H28NO/c21-16-18-11-7-15-20(13-5-4-12-19(18)20)14-6-10-17-8-2-1-3-9-17/h1-3,6,8-10,18-19,21H,4-5,7,11-16H2/q+1/b10-6+. The van der Waals surface area contributed by atoms with Crippen molar-refractivity contribution in [1.82, 2.24) is 0 Å². The van der Waals surface area contributed by atoms with E-state index in [0.717, 1.165) is 6.54 Å². The molecule has 0 saturated carbocycles. The third kappa shape index (κ3) is 3.22. The number of nitrogens with zero attached hydrogens (tertiary/aromatic N) is 1. The van der Waals surface area contributed by atoms with Crippen LogP contribution in [0, 0.1) is 5.92 Å². The van der Waals surface area contributed by atoms with Crippen LogP contribution in [0.15, 0.2) is 36.4 Å². The lowest BCUT2D eigenvalue weighted by molar-refractivity contribution is -0.959. The maximum Gasteiger partial charge on any atom is 0.0979 e. The number of aliphatic hydroxyl groups excluding tert-OH is 1. The molecule has 1 aromatic carbocycles. The van der Waals surface area contributed by atoms with Gasteiger partial charge >= 0.3 is 0 Å². The first-order chi connectivity index (χ1) is 10.3. The van der Waals surface area contributed by atoms with Crippen molar-refractivity contribution < 1.29 is 9.59 Å². The fourth-order valence-corrected chi connectivity index (χ4v) is 4.53. The van der Waals surface area contributed by atoms with Crippen molar-refractivity contribution in [3.8, 4) is 0 Å². The van der Waals surface area contributed by atoms with Crippen LogP contribution in [0.5, 0.6) is 0 Å². The average molecular weight is 286 g/mol. The largest absolute Gasteiger partial charge is 0.396 e. The predicted molar refractivity (Wildman–Crippen MR) is 87.8 cm³/mol. The number of piperidine rings is 2. The van der Waals surface area contributed by atoms with Gasteiger partial charge in [-0.3, -0.25) is 0 Å². The first-order valence-corrected chi connectivity index (χ1v) is 8.52. The van der Waals surface area contributed by atoms with Gasteiger partial charge in [-0.15, -0.1) is 0 Å². The molecule has 1 N–H and O–H groups in total. The second kappa shape index (κ2) is 6.76. The predicted octanol–water partition coefficient (Wildman–Crippen LogP) is 3.47. The van der Waals surface area contributed by atoms with Crippen LogP contribution in [0.2, 0.25) is 0 Å². The zero-order valence-electron chi connectivity index (χ0n) is 13.0. The zero-order chi connectivity index (χ0) is 14.5. The highest BCUT2D eigenvalue weighted by molar-refractivity contribution is 5.48. The first-order valence-electron chi connectivity index (χ1n) is 8.52. The molecule has 0 aliphatic carbocycles. The number of quaternary nitrogens is 1. The molecule has 0 radical (unpaired) electrons. The van der Waals surface area contributed by atoms with Crippen molar-refractivity contribution in [2.75, 3.05) is 26.2 Å². The van der Waals surface area contributed by atoms with Crippen molar-refractivity contribution in [1.29, 1.82) is 0 Å². The van der Waals surface area contributed by atoms with Crippen LogP contribution in [-0.2, 0) is 0 Å². The Bertz CT molecular complexity index is 466. The maximum atomic E-state index is 9.72. The van der Waals surface area contributed by atoms with E-state index in [1.807, 2.05) is 0 Å². The number of rotatable bonds is 4. The summed E-state index contributed by atoms with van der Waals surface area (Å²) in [5, 5.41) is 9.72. The molecule has 114 valence electrons. The Morgan fingerprint density at radius 1 is 1.05 bits per heavy atom. The van der Waals surface area contributed by atoms with Gasteiger partial charge in [0.15, 0.2) is 0 Å². The molecule has 0 amide bonds. The average Bonchev–Trinajstić information content (AvgIpc) is 2.55. The van der Waals surface area contributed by atoms with Crippen LogP contribution >= 0.6 is 0 Å². The van der Waals surface area contributed by atoms with E-state index < -0.39 is 0 Å². The van der Waals surface area contributed by atoms with Crippen molar-refractivity contribution in [2.45, 2.75) is 38.1 Å². The van der Waals surface area contributed by atoms with Gasteiger partial charge in [0, 0.05) is 12.3 Å². The van der Waals surface area contributed by atoms with Gasteiger partial charge in [-0.05, 0) is 37.3 Å². The molecule has 1 aromatic rings. The minimum absolute atomic E-state index is 0.382. The van der Waals surface area contributed by atoms with Crippen LogP contribution in [0.3, 0.4) is 0 Å². The Hall–Kier alpha value is -1.12. The van der Waals surface area contributed by atoms with Crippen molar-refractivity contribution in [3.05, 3.63) is 42.0 Å². The summed E-state index contributed by atoms with van der Waals surface area (Å²) in [6, 6.07) is 11.3. The molecule has 0 spiro atoms. The first kappa shape index (κ1) is 14.8. The topological polar surface area (TPSA) is 20.2 Å². The van der Waals surface area contributed by atoms with E-state index in [0.29, 0.717) is 18.6 Å². The van der Waals surface area contributed by atoms with Crippen molar-refractivity contribution >= 4 is 6.08 Å². The van der Waals surface area contributed by atoms with E-state index >= 15 is 0 Å². The number of hydrogen-bond acceptors (Lipinski definition) is 1. The van der Waals surface area contributed by atoms with Gasteiger partial charge in [-0.2, -0.15) is 0 Å². The van der Waals surface area contributed by atoms with E-state index in [-0.39, 0.29) is 0 Å². The molecule has 2 saturated heterocycles. The Balaban J connectivity index is 1.72. The Morgan fingerprint density at radius 3 is 2.67 bits per heavy atom.